The molecule has 1 aliphatic heterocycles. The number of nitrogens with zero attached hydrogens (tertiary/aromatic N) is 3. The number of para-hydroxylation sites is 1. The van der Waals surface area contributed by atoms with Crippen LogP contribution in [0.15, 0.2) is 64.5 Å². The minimum Gasteiger partial charge on any atom is -0.497 e. The third kappa shape index (κ3) is 4.21. The van der Waals surface area contributed by atoms with E-state index in [1.165, 1.54) is 16.6 Å². The van der Waals surface area contributed by atoms with Gasteiger partial charge in [-0.25, -0.2) is 4.98 Å². The molecule has 0 saturated heterocycles. The van der Waals surface area contributed by atoms with E-state index in [-0.39, 0.29) is 17.1 Å². The highest BCUT2D eigenvalue weighted by Crippen LogP contribution is 2.34. The maximum absolute atomic E-state index is 13.8. The van der Waals surface area contributed by atoms with E-state index in [2.05, 4.69) is 11.9 Å². The van der Waals surface area contributed by atoms with Gasteiger partial charge in [-0.1, -0.05) is 30.0 Å². The largest absolute Gasteiger partial charge is 0.497 e. The Labute approximate surface area is 199 Å². The molecule has 3 heterocycles. The number of methoxy groups -OCH3 is 1. The van der Waals surface area contributed by atoms with E-state index >= 15 is 0 Å². The fraction of sp³-hybridized carbons (Fsp3) is 0.240. The number of carbonyl (C=O) groups is 1. The highest BCUT2D eigenvalue weighted by molar-refractivity contribution is 7.99. The van der Waals surface area contributed by atoms with Gasteiger partial charge >= 0.3 is 0 Å². The molecule has 0 N–H and O–H groups in total. The summed E-state index contributed by atoms with van der Waals surface area (Å²) in [6.07, 6.45) is 0.847. The zero-order chi connectivity index (χ0) is 22.9. The van der Waals surface area contributed by atoms with Gasteiger partial charge in [-0.05, 0) is 55.4 Å². The molecular formula is C25H23N3O3S2. The Morgan fingerprint density at radius 2 is 1.91 bits per heavy atom. The van der Waals surface area contributed by atoms with Crippen LogP contribution in [0.25, 0.3) is 15.9 Å². The summed E-state index contributed by atoms with van der Waals surface area (Å²) in [7, 11) is 3.69. The van der Waals surface area contributed by atoms with Crippen molar-refractivity contribution in [1.29, 1.82) is 0 Å². The Balaban J connectivity index is 1.55. The van der Waals surface area contributed by atoms with Crippen LogP contribution in [0.3, 0.4) is 0 Å². The Morgan fingerprint density at radius 1 is 1.15 bits per heavy atom. The fourth-order valence-corrected chi connectivity index (χ4v) is 6.29. The zero-order valence-corrected chi connectivity index (χ0v) is 20.0. The number of aromatic nitrogens is 2. The molecule has 168 valence electrons. The normalized spacial score (nSPS) is 13.8. The second-order valence-electron chi connectivity index (χ2n) is 7.98. The van der Waals surface area contributed by atoms with Crippen LogP contribution in [0.5, 0.6) is 5.75 Å². The van der Waals surface area contributed by atoms with Crippen LogP contribution in [0.4, 0.5) is 0 Å². The predicted octanol–water partition coefficient (Wildman–Crippen LogP) is 4.42. The molecule has 4 aromatic rings. The topological polar surface area (TPSA) is 64.4 Å². The van der Waals surface area contributed by atoms with E-state index < -0.39 is 0 Å². The standard InChI is InChI=1S/C25H23N3O3S2/c1-27-13-12-19-21(14-27)33-23-22(19)24(30)28(17-6-4-3-5-7-17)25(26-23)32-15-20(29)16-8-10-18(31-2)11-9-16/h3-11H,12-15H2,1-2H3. The minimum atomic E-state index is -0.0624. The highest BCUT2D eigenvalue weighted by Gasteiger charge is 2.24. The smallest absolute Gasteiger partial charge is 0.267 e. The first-order chi connectivity index (χ1) is 16.0. The van der Waals surface area contributed by atoms with Gasteiger partial charge in [-0.15, -0.1) is 11.3 Å². The Bertz CT molecular complexity index is 1380. The lowest BCUT2D eigenvalue weighted by Crippen LogP contribution is -2.27. The summed E-state index contributed by atoms with van der Waals surface area (Å²) in [4.78, 5) is 35.7. The lowest BCUT2D eigenvalue weighted by Gasteiger charge is -2.21. The molecule has 5 rings (SSSR count). The molecule has 0 aliphatic carbocycles. The van der Waals surface area contributed by atoms with E-state index in [1.54, 1.807) is 47.3 Å². The van der Waals surface area contributed by atoms with Crippen molar-refractivity contribution in [3.8, 4) is 11.4 Å². The molecule has 0 atom stereocenters. The van der Waals surface area contributed by atoms with Gasteiger partial charge in [0.25, 0.3) is 5.56 Å². The number of benzene rings is 2. The van der Waals surface area contributed by atoms with Gasteiger partial charge in [0, 0.05) is 23.5 Å². The van der Waals surface area contributed by atoms with E-state index in [1.807, 2.05) is 30.3 Å². The summed E-state index contributed by atoms with van der Waals surface area (Å²) in [5.41, 5.74) is 2.42. The lowest BCUT2D eigenvalue weighted by molar-refractivity contribution is 0.102. The van der Waals surface area contributed by atoms with Crippen molar-refractivity contribution in [1.82, 2.24) is 14.5 Å². The van der Waals surface area contributed by atoms with Gasteiger partial charge in [0.05, 0.1) is 23.9 Å². The molecule has 0 radical (unpaired) electrons. The van der Waals surface area contributed by atoms with Crippen molar-refractivity contribution in [2.24, 2.45) is 0 Å². The average molecular weight is 478 g/mol. The Morgan fingerprint density at radius 3 is 2.64 bits per heavy atom. The van der Waals surface area contributed by atoms with Crippen LogP contribution in [-0.2, 0) is 13.0 Å². The van der Waals surface area contributed by atoms with Crippen molar-refractivity contribution < 1.29 is 9.53 Å². The molecule has 0 amide bonds. The van der Waals surface area contributed by atoms with Gasteiger partial charge in [0.1, 0.15) is 10.6 Å². The first kappa shape index (κ1) is 21.9. The number of ketones is 1. The number of thioether (sulfide) groups is 1. The summed E-state index contributed by atoms with van der Waals surface area (Å²) in [5, 5.41) is 1.25. The number of carbonyl (C=O) groups excluding carboxylic acids is 1. The third-order valence-corrected chi connectivity index (χ3v) is 7.84. The second kappa shape index (κ2) is 9.13. The second-order valence-corrected chi connectivity index (χ2v) is 10.0. The lowest BCUT2D eigenvalue weighted by atomic mass is 10.1. The van der Waals surface area contributed by atoms with Gasteiger partial charge in [0.2, 0.25) is 0 Å². The van der Waals surface area contributed by atoms with E-state index in [4.69, 9.17) is 9.72 Å². The van der Waals surface area contributed by atoms with Crippen molar-refractivity contribution in [3.05, 3.63) is 81.0 Å². The minimum absolute atomic E-state index is 0.0243. The average Bonchev–Trinajstić information content (AvgIpc) is 3.20. The number of rotatable bonds is 6. The number of likely N-dealkylation sites (N-methyl/N-ethyl adjacent to an activating group) is 1. The third-order valence-electron chi connectivity index (χ3n) is 5.79. The van der Waals surface area contributed by atoms with Crippen LogP contribution in [0, 0.1) is 0 Å². The number of Topliss-reactive ketones (excluding diaryl/α,β-unsaturated/α-hetero) is 1. The number of hydrogen-bond acceptors (Lipinski definition) is 7. The summed E-state index contributed by atoms with van der Waals surface area (Å²) in [6, 6.07) is 16.6. The molecule has 0 saturated carbocycles. The van der Waals surface area contributed by atoms with E-state index in [0.29, 0.717) is 16.5 Å². The summed E-state index contributed by atoms with van der Waals surface area (Å²) < 4.78 is 6.82. The zero-order valence-electron chi connectivity index (χ0n) is 18.4. The van der Waals surface area contributed by atoms with Crippen molar-refractivity contribution in [2.45, 2.75) is 18.1 Å². The monoisotopic (exact) mass is 477 g/mol. The van der Waals surface area contributed by atoms with E-state index in [9.17, 15) is 9.59 Å². The van der Waals surface area contributed by atoms with Crippen molar-refractivity contribution in [2.75, 3.05) is 26.5 Å². The van der Waals surface area contributed by atoms with Crippen LogP contribution >= 0.6 is 23.1 Å². The Kier molecular flexibility index (Phi) is 6.05. The molecule has 0 unspecified atom stereocenters. The summed E-state index contributed by atoms with van der Waals surface area (Å²) >= 11 is 2.89. The molecule has 1 aliphatic rings. The van der Waals surface area contributed by atoms with Crippen LogP contribution in [-0.4, -0.2) is 46.7 Å². The first-order valence-corrected chi connectivity index (χ1v) is 12.5. The molecule has 6 nitrogen and oxygen atoms in total. The quantitative estimate of drug-likeness (QED) is 0.233. The van der Waals surface area contributed by atoms with Crippen LogP contribution in [0.2, 0.25) is 0 Å². The molecule has 8 heteroatoms. The maximum Gasteiger partial charge on any atom is 0.267 e. The van der Waals surface area contributed by atoms with Crippen LogP contribution < -0.4 is 10.3 Å². The van der Waals surface area contributed by atoms with E-state index in [0.717, 1.165) is 41.0 Å². The van der Waals surface area contributed by atoms with Gasteiger partial charge in [-0.3, -0.25) is 14.2 Å². The Hall–Kier alpha value is -2.94. The molecule has 0 bridgehead atoms. The number of ether oxygens (including phenoxy) is 1. The SMILES string of the molecule is COc1ccc(C(=O)CSc2nc3sc4c(c3c(=O)n2-c2ccccc2)CCN(C)C4)cc1. The van der Waals surface area contributed by atoms with Gasteiger partial charge < -0.3 is 9.64 Å². The number of thiophene rings is 1. The molecule has 0 spiro atoms. The number of hydrogen-bond donors (Lipinski definition) is 0. The predicted molar refractivity (Wildman–Crippen MR) is 133 cm³/mol. The first-order valence-electron chi connectivity index (χ1n) is 10.7. The maximum atomic E-state index is 13.8. The molecule has 33 heavy (non-hydrogen) atoms. The number of fused-ring (bicyclic) bond motifs is 3. The summed E-state index contributed by atoms with van der Waals surface area (Å²) in [6.45, 7) is 1.76. The van der Waals surface area contributed by atoms with Crippen molar-refractivity contribution >= 4 is 39.1 Å². The van der Waals surface area contributed by atoms with Gasteiger partial charge in [-0.2, -0.15) is 0 Å². The molecule has 0 fully saturated rings. The molecule has 2 aromatic heterocycles. The van der Waals surface area contributed by atoms with Gasteiger partial charge in [0.15, 0.2) is 10.9 Å². The highest BCUT2D eigenvalue weighted by atomic mass is 32.2. The fourth-order valence-electron chi connectivity index (χ4n) is 4.04. The van der Waals surface area contributed by atoms with Crippen molar-refractivity contribution in [3.63, 3.8) is 0 Å². The molecular weight excluding hydrogens is 454 g/mol. The van der Waals surface area contributed by atoms with Crippen LogP contribution in [0.1, 0.15) is 20.8 Å². The summed E-state index contributed by atoms with van der Waals surface area (Å²) in [5.74, 6) is 0.866. The molecule has 2 aromatic carbocycles.